The topological polar surface area (TPSA) is 95.9 Å². The lowest BCUT2D eigenvalue weighted by Crippen LogP contribution is -2.56. The Bertz CT molecular complexity index is 1260. The van der Waals surface area contributed by atoms with Gasteiger partial charge in [-0.05, 0) is 63.1 Å². The van der Waals surface area contributed by atoms with Crippen molar-refractivity contribution in [2.45, 2.75) is 77.2 Å². The van der Waals surface area contributed by atoms with Crippen molar-refractivity contribution in [2.24, 2.45) is 18.4 Å². The fraction of sp³-hybridized carbons (Fsp3) is 0.600. The van der Waals surface area contributed by atoms with Crippen LogP contribution in [0.1, 0.15) is 83.0 Å². The maximum absolute atomic E-state index is 13.4. The number of fused-ring (bicyclic) bond motifs is 1. The van der Waals surface area contributed by atoms with Gasteiger partial charge in [-0.2, -0.15) is 5.10 Å². The van der Waals surface area contributed by atoms with Crippen molar-refractivity contribution < 1.29 is 9.59 Å². The summed E-state index contributed by atoms with van der Waals surface area (Å²) in [7, 11) is 4.11. The second-order valence-corrected chi connectivity index (χ2v) is 11.8. The molecule has 1 spiro atoms. The van der Waals surface area contributed by atoms with E-state index >= 15 is 0 Å². The van der Waals surface area contributed by atoms with Crippen LogP contribution in [-0.2, 0) is 16.6 Å². The Labute approximate surface area is 225 Å². The van der Waals surface area contributed by atoms with Crippen molar-refractivity contribution in [1.29, 1.82) is 0 Å². The van der Waals surface area contributed by atoms with Crippen molar-refractivity contribution in [1.82, 2.24) is 30.0 Å². The molecule has 2 fully saturated rings. The van der Waals surface area contributed by atoms with Crippen LogP contribution in [0.25, 0.3) is 22.2 Å². The SMILES string of the molecule is CCC(=O)CCCCC[C@H](NC(=O)C1CCC2(CC1)CN(C)C2)c1ncc(-c2ccc3nn(C)cc3c2)[nH]1. The summed E-state index contributed by atoms with van der Waals surface area (Å²) >= 11 is 0. The van der Waals surface area contributed by atoms with E-state index in [9.17, 15) is 9.59 Å². The van der Waals surface area contributed by atoms with Gasteiger partial charge in [0.05, 0.1) is 23.4 Å². The number of rotatable bonds is 11. The van der Waals surface area contributed by atoms with E-state index in [1.165, 1.54) is 13.1 Å². The summed E-state index contributed by atoms with van der Waals surface area (Å²) in [5, 5.41) is 8.91. The number of carbonyl (C=O) groups is 2. The third-order valence-corrected chi connectivity index (χ3v) is 8.64. The Kier molecular flexibility index (Phi) is 7.98. The zero-order valence-electron chi connectivity index (χ0n) is 23.1. The molecule has 1 aliphatic carbocycles. The monoisotopic (exact) mass is 518 g/mol. The normalized spacial score (nSPS) is 18.5. The summed E-state index contributed by atoms with van der Waals surface area (Å²) in [6.07, 6.45) is 13.0. The number of aromatic amines is 1. The van der Waals surface area contributed by atoms with Crippen LogP contribution in [0.15, 0.2) is 30.6 Å². The maximum atomic E-state index is 13.4. The molecule has 0 bridgehead atoms. The molecule has 1 saturated carbocycles. The molecule has 2 N–H and O–H groups in total. The number of Topliss-reactive ketones (excluding diaryl/α,β-unsaturated/α-hetero) is 1. The third kappa shape index (κ3) is 6.01. The highest BCUT2D eigenvalue weighted by Gasteiger charge is 2.44. The smallest absolute Gasteiger partial charge is 0.223 e. The first-order valence-corrected chi connectivity index (χ1v) is 14.3. The number of ketones is 1. The lowest BCUT2D eigenvalue weighted by molar-refractivity contribution is -0.129. The Hall–Kier alpha value is -3.00. The summed E-state index contributed by atoms with van der Waals surface area (Å²) in [6.45, 7) is 4.26. The van der Waals surface area contributed by atoms with E-state index < -0.39 is 0 Å². The van der Waals surface area contributed by atoms with Gasteiger partial charge in [-0.15, -0.1) is 0 Å². The van der Waals surface area contributed by atoms with Crippen LogP contribution in [0, 0.1) is 11.3 Å². The summed E-state index contributed by atoms with van der Waals surface area (Å²) in [5.41, 5.74) is 3.40. The standard InChI is InChI=1S/C30H42N6O2/c1-4-24(37)8-6-5-7-9-26(33-29(38)21-12-14-30(15-13-21)19-35(2)20-30)28-31-17-27(32-28)22-10-11-25-23(16-22)18-36(3)34-25/h10-11,16-18,21,26H,4-9,12-15,19-20H2,1-3H3,(H,31,32)(H,33,38)/t26-/m0/s1. The lowest BCUT2D eigenvalue weighted by Gasteiger charge is -2.52. The molecular formula is C30H42N6O2. The van der Waals surface area contributed by atoms with Crippen molar-refractivity contribution in [3.8, 4) is 11.3 Å². The average molecular weight is 519 g/mol. The number of H-pyrrole nitrogens is 1. The molecule has 1 aromatic carbocycles. The predicted molar refractivity (Wildman–Crippen MR) is 149 cm³/mol. The molecule has 2 aromatic heterocycles. The van der Waals surface area contributed by atoms with Crippen LogP contribution >= 0.6 is 0 Å². The number of amides is 1. The van der Waals surface area contributed by atoms with E-state index in [2.05, 4.69) is 39.5 Å². The van der Waals surface area contributed by atoms with Gasteiger partial charge >= 0.3 is 0 Å². The van der Waals surface area contributed by atoms with Gasteiger partial charge in [-0.25, -0.2) is 4.98 Å². The minimum absolute atomic E-state index is 0.0821. The van der Waals surface area contributed by atoms with Crippen molar-refractivity contribution >= 4 is 22.6 Å². The van der Waals surface area contributed by atoms with Crippen molar-refractivity contribution in [3.05, 3.63) is 36.4 Å². The number of hydrogen-bond acceptors (Lipinski definition) is 5. The Morgan fingerprint density at radius 1 is 1.16 bits per heavy atom. The van der Waals surface area contributed by atoms with E-state index in [0.717, 1.165) is 79.4 Å². The summed E-state index contributed by atoms with van der Waals surface area (Å²) in [5.74, 6) is 1.37. The molecular weight excluding hydrogens is 476 g/mol. The first-order valence-electron chi connectivity index (χ1n) is 14.3. The van der Waals surface area contributed by atoms with Gasteiger partial charge < -0.3 is 15.2 Å². The number of aromatic nitrogens is 4. The van der Waals surface area contributed by atoms with Crippen LogP contribution in [0.2, 0.25) is 0 Å². The summed E-state index contributed by atoms with van der Waals surface area (Å²) in [6, 6.07) is 6.04. The zero-order chi connectivity index (χ0) is 26.7. The van der Waals surface area contributed by atoms with Gasteiger partial charge in [0, 0.05) is 56.0 Å². The summed E-state index contributed by atoms with van der Waals surface area (Å²) < 4.78 is 1.82. The molecule has 0 radical (unpaired) electrons. The Morgan fingerprint density at radius 2 is 1.95 bits per heavy atom. The highest BCUT2D eigenvalue weighted by Crippen LogP contribution is 2.45. The predicted octanol–water partition coefficient (Wildman–Crippen LogP) is 5.17. The number of nitrogens with one attached hydrogen (secondary N) is 2. The number of aryl methyl sites for hydroxylation is 1. The zero-order valence-corrected chi connectivity index (χ0v) is 23.1. The quantitative estimate of drug-likeness (QED) is 0.341. The largest absolute Gasteiger partial charge is 0.346 e. The lowest BCUT2D eigenvalue weighted by atomic mass is 9.66. The highest BCUT2D eigenvalue weighted by atomic mass is 16.2. The number of benzene rings is 1. The number of imidazole rings is 1. The Balaban J connectivity index is 1.25. The van der Waals surface area contributed by atoms with Crippen LogP contribution < -0.4 is 5.32 Å². The molecule has 1 amide bonds. The van der Waals surface area contributed by atoms with Gasteiger partial charge in [0.25, 0.3) is 0 Å². The molecule has 8 heteroatoms. The van der Waals surface area contributed by atoms with Crippen molar-refractivity contribution in [2.75, 3.05) is 20.1 Å². The molecule has 1 saturated heterocycles. The van der Waals surface area contributed by atoms with Gasteiger partial charge in [0.2, 0.25) is 5.91 Å². The molecule has 1 aliphatic heterocycles. The van der Waals surface area contributed by atoms with E-state index in [1.54, 1.807) is 0 Å². The van der Waals surface area contributed by atoms with E-state index in [4.69, 9.17) is 4.98 Å². The van der Waals surface area contributed by atoms with Gasteiger partial charge in [0.1, 0.15) is 11.6 Å². The molecule has 5 rings (SSSR count). The number of nitrogens with zero attached hydrogens (tertiary/aromatic N) is 4. The molecule has 3 aromatic rings. The molecule has 204 valence electrons. The number of carbonyl (C=O) groups excluding carboxylic acids is 2. The molecule has 3 heterocycles. The second kappa shape index (κ2) is 11.4. The van der Waals surface area contributed by atoms with Crippen LogP contribution in [0.5, 0.6) is 0 Å². The van der Waals surface area contributed by atoms with Gasteiger partial charge in [-0.1, -0.05) is 25.8 Å². The number of hydrogen-bond donors (Lipinski definition) is 2. The molecule has 1 atom stereocenters. The molecule has 0 unspecified atom stereocenters. The second-order valence-electron chi connectivity index (χ2n) is 11.8. The minimum atomic E-state index is -0.161. The molecule has 38 heavy (non-hydrogen) atoms. The third-order valence-electron chi connectivity index (χ3n) is 8.64. The average Bonchev–Trinajstić information content (AvgIpc) is 3.53. The first-order chi connectivity index (χ1) is 18.3. The molecule has 8 nitrogen and oxygen atoms in total. The van der Waals surface area contributed by atoms with Crippen LogP contribution in [0.4, 0.5) is 0 Å². The maximum Gasteiger partial charge on any atom is 0.223 e. The highest BCUT2D eigenvalue weighted by molar-refractivity contribution is 5.83. The van der Waals surface area contributed by atoms with E-state index in [0.29, 0.717) is 24.0 Å². The van der Waals surface area contributed by atoms with Crippen LogP contribution in [-0.4, -0.2) is 56.5 Å². The number of likely N-dealkylation sites (tertiary alicyclic amines) is 1. The van der Waals surface area contributed by atoms with E-state index in [1.807, 2.05) is 37.1 Å². The van der Waals surface area contributed by atoms with Crippen LogP contribution in [0.3, 0.4) is 0 Å². The van der Waals surface area contributed by atoms with Crippen molar-refractivity contribution in [3.63, 3.8) is 0 Å². The Morgan fingerprint density at radius 3 is 2.68 bits per heavy atom. The minimum Gasteiger partial charge on any atom is -0.346 e. The molecule has 2 aliphatic rings. The fourth-order valence-corrected chi connectivity index (χ4v) is 6.48. The fourth-order valence-electron chi connectivity index (χ4n) is 6.48. The van der Waals surface area contributed by atoms with Gasteiger partial charge in [0.15, 0.2) is 0 Å². The van der Waals surface area contributed by atoms with E-state index in [-0.39, 0.29) is 17.9 Å². The summed E-state index contributed by atoms with van der Waals surface area (Å²) in [4.78, 5) is 35.7. The number of unbranched alkanes of at least 4 members (excludes halogenated alkanes) is 2. The first kappa shape index (κ1) is 26.6. The van der Waals surface area contributed by atoms with Gasteiger partial charge in [-0.3, -0.25) is 14.3 Å².